The summed E-state index contributed by atoms with van der Waals surface area (Å²) in [6.07, 6.45) is 7.41. The molecule has 27 heavy (non-hydrogen) atoms. The van der Waals surface area contributed by atoms with Gasteiger partial charge in [0.1, 0.15) is 0 Å². The first-order valence-corrected chi connectivity index (χ1v) is 13.4. The second-order valence-electron chi connectivity index (χ2n) is 7.43. The van der Waals surface area contributed by atoms with Gasteiger partial charge in [0.05, 0.1) is 11.4 Å². The fourth-order valence-corrected chi connectivity index (χ4v) is 4.40. The van der Waals surface area contributed by atoms with Crippen LogP contribution < -0.4 is 21.3 Å². The summed E-state index contributed by atoms with van der Waals surface area (Å²) < 4.78 is 0. The molecule has 0 radical (unpaired) electrons. The molecule has 0 spiro atoms. The third-order valence-corrected chi connectivity index (χ3v) is 5.65. The van der Waals surface area contributed by atoms with Crippen molar-refractivity contribution in [2.24, 2.45) is 0 Å². The van der Waals surface area contributed by atoms with Gasteiger partial charge >= 0.3 is 33.3 Å². The largest absolute Gasteiger partial charge is 0.314 e. The minimum absolute atomic E-state index is 0.00694. The van der Waals surface area contributed by atoms with Crippen molar-refractivity contribution in [1.29, 1.82) is 0 Å². The van der Waals surface area contributed by atoms with Gasteiger partial charge in [-0.05, 0) is 49.7 Å². The van der Waals surface area contributed by atoms with Gasteiger partial charge in [-0.15, -0.1) is 0 Å². The fraction of sp³-hybridized carbons (Fsp3) is 0.737. The summed E-state index contributed by atoms with van der Waals surface area (Å²) in [4.78, 5) is 5.22. The summed E-state index contributed by atoms with van der Waals surface area (Å²) >= 11 is 0.00694. The molecule has 3 aliphatic rings. The monoisotopic (exact) mass is 454 g/mol. The van der Waals surface area contributed by atoms with Crippen LogP contribution in [0.25, 0.3) is 0 Å². The van der Waals surface area contributed by atoms with E-state index in [1.165, 1.54) is 61.0 Å². The fourth-order valence-electron chi connectivity index (χ4n) is 4.40. The second-order valence-corrected chi connectivity index (χ2v) is 9.38. The van der Waals surface area contributed by atoms with Crippen LogP contribution in [0, 0.1) is 0 Å². The molecule has 2 heterocycles. The molecule has 0 fully saturated rings. The number of aryl methyl sites for hydroxylation is 2. The first-order valence-electron chi connectivity index (χ1n) is 10.1. The molecule has 1 aromatic heterocycles. The SMILES string of the molecule is [Cl][Mn][Cl].c1c2c3nc4c1CCC[C@@H]4NCCNCCNCCN[C@H]3CCC2. The number of nitrogens with zero attached hydrogens (tertiary/aromatic N) is 1. The molecule has 1 aliphatic heterocycles. The van der Waals surface area contributed by atoms with Crippen molar-refractivity contribution in [3.63, 3.8) is 0 Å². The number of nitrogens with one attached hydrogen (secondary N) is 4. The Morgan fingerprint density at radius 1 is 0.778 bits per heavy atom. The van der Waals surface area contributed by atoms with Gasteiger partial charge in [0.2, 0.25) is 0 Å². The van der Waals surface area contributed by atoms with Crippen molar-refractivity contribution < 1.29 is 13.1 Å². The molecule has 0 saturated heterocycles. The van der Waals surface area contributed by atoms with E-state index in [9.17, 15) is 0 Å². The van der Waals surface area contributed by atoms with E-state index in [1.54, 1.807) is 0 Å². The number of pyridine rings is 1. The van der Waals surface area contributed by atoms with E-state index in [1.807, 2.05) is 0 Å². The van der Waals surface area contributed by atoms with E-state index in [4.69, 9.17) is 25.2 Å². The Kier molecular flexibility index (Phi) is 9.63. The van der Waals surface area contributed by atoms with Crippen LogP contribution in [-0.4, -0.2) is 44.3 Å². The topological polar surface area (TPSA) is 61.0 Å². The van der Waals surface area contributed by atoms with E-state index in [2.05, 4.69) is 27.3 Å². The van der Waals surface area contributed by atoms with Crippen LogP contribution in [0.15, 0.2) is 6.07 Å². The molecular formula is C19H31Cl2MnN5. The number of hydrogen-bond acceptors (Lipinski definition) is 5. The zero-order valence-electron chi connectivity index (χ0n) is 15.8. The molecule has 2 bridgehead atoms. The van der Waals surface area contributed by atoms with E-state index in [-0.39, 0.29) is 13.1 Å². The van der Waals surface area contributed by atoms with Gasteiger partial charge in [0.25, 0.3) is 0 Å². The number of halogens is 2. The molecule has 2 aliphatic carbocycles. The van der Waals surface area contributed by atoms with Crippen LogP contribution in [0.4, 0.5) is 0 Å². The molecule has 8 heteroatoms. The van der Waals surface area contributed by atoms with Crippen molar-refractivity contribution in [3.05, 3.63) is 28.6 Å². The maximum Gasteiger partial charge on any atom is 0.0609 e. The standard InChI is InChI=1S/C19H31N5.2ClH.Mn/c1-3-14-13-15-4-2-6-17-19(15)24-18(14)16(5-1)22-11-9-20-7-8-21-10-12-23-17;;;/h13,16-17,20-23H,1-12H2;2*1H;/q;;;+2/p-2/t16-,17-;;;/m0.../s1. The summed E-state index contributed by atoms with van der Waals surface area (Å²) in [5, 5.41) is 14.5. The first-order chi connectivity index (χ1) is 13.3. The van der Waals surface area contributed by atoms with Gasteiger partial charge in [-0.1, -0.05) is 6.07 Å². The zero-order chi connectivity index (χ0) is 18.9. The van der Waals surface area contributed by atoms with Crippen LogP contribution in [0.2, 0.25) is 0 Å². The van der Waals surface area contributed by atoms with Gasteiger partial charge in [-0.2, -0.15) is 0 Å². The van der Waals surface area contributed by atoms with Crippen LogP contribution in [0.3, 0.4) is 0 Å². The molecule has 4 N–H and O–H groups in total. The van der Waals surface area contributed by atoms with Crippen molar-refractivity contribution in [2.75, 3.05) is 39.3 Å². The van der Waals surface area contributed by atoms with Gasteiger partial charge in [0, 0.05) is 51.4 Å². The average molecular weight is 455 g/mol. The Labute approximate surface area is 177 Å². The summed E-state index contributed by atoms with van der Waals surface area (Å²) in [6, 6.07) is 3.35. The van der Waals surface area contributed by atoms with Gasteiger partial charge < -0.3 is 21.3 Å². The number of hydrogen-bond donors (Lipinski definition) is 4. The van der Waals surface area contributed by atoms with Crippen LogP contribution in [0.5, 0.6) is 0 Å². The van der Waals surface area contributed by atoms with Crippen molar-refractivity contribution in [1.82, 2.24) is 26.3 Å². The molecule has 0 unspecified atom stereocenters. The maximum absolute atomic E-state index is 5.22. The molecule has 0 saturated carbocycles. The Hall–Kier alpha value is 0.0895. The van der Waals surface area contributed by atoms with Gasteiger partial charge in [0.15, 0.2) is 0 Å². The minimum Gasteiger partial charge on any atom is -0.314 e. The predicted octanol–water partition coefficient (Wildman–Crippen LogP) is 2.58. The molecule has 1 aromatic rings. The summed E-state index contributed by atoms with van der Waals surface area (Å²) in [6.45, 7) is 6.17. The van der Waals surface area contributed by atoms with Crippen molar-refractivity contribution in [2.45, 2.75) is 50.6 Å². The third-order valence-electron chi connectivity index (χ3n) is 5.65. The number of aromatic nitrogens is 1. The Bertz CT molecular complexity index is 544. The maximum atomic E-state index is 5.22. The van der Waals surface area contributed by atoms with E-state index >= 15 is 0 Å². The Morgan fingerprint density at radius 3 is 1.70 bits per heavy atom. The number of rotatable bonds is 0. The summed E-state index contributed by atoms with van der Waals surface area (Å²) in [5.41, 5.74) is 5.66. The predicted molar refractivity (Wildman–Crippen MR) is 109 cm³/mol. The molecule has 5 nitrogen and oxygen atoms in total. The third kappa shape index (κ3) is 6.28. The Balaban J connectivity index is 0.000000659. The summed E-state index contributed by atoms with van der Waals surface area (Å²) in [7, 11) is 9.59. The van der Waals surface area contributed by atoms with E-state index < -0.39 is 0 Å². The van der Waals surface area contributed by atoms with Gasteiger partial charge in [-0.3, -0.25) is 4.98 Å². The molecular weight excluding hydrogens is 424 g/mol. The van der Waals surface area contributed by atoms with E-state index in [0.29, 0.717) is 12.1 Å². The van der Waals surface area contributed by atoms with Gasteiger partial charge in [-0.25, -0.2) is 0 Å². The van der Waals surface area contributed by atoms with Crippen molar-refractivity contribution >= 4 is 20.2 Å². The van der Waals surface area contributed by atoms with Crippen LogP contribution in [0.1, 0.15) is 60.3 Å². The first kappa shape index (κ1) is 21.8. The molecule has 153 valence electrons. The Morgan fingerprint density at radius 2 is 1.22 bits per heavy atom. The minimum atomic E-state index is 0.00694. The normalized spacial score (nSPS) is 26.1. The second kappa shape index (κ2) is 11.9. The molecule has 0 amide bonds. The summed E-state index contributed by atoms with van der Waals surface area (Å²) in [5.74, 6) is 0. The zero-order valence-corrected chi connectivity index (χ0v) is 18.5. The van der Waals surface area contributed by atoms with Crippen LogP contribution in [-0.2, 0) is 26.0 Å². The quantitative estimate of drug-likeness (QED) is 0.454. The molecule has 2 atom stereocenters. The van der Waals surface area contributed by atoms with E-state index in [0.717, 1.165) is 39.3 Å². The van der Waals surface area contributed by atoms with Crippen molar-refractivity contribution in [3.8, 4) is 0 Å². The van der Waals surface area contributed by atoms with Crippen LogP contribution >= 0.6 is 20.2 Å². The molecule has 4 rings (SSSR count). The smallest absolute Gasteiger partial charge is 0.0609 e. The average Bonchev–Trinajstić information content (AvgIpc) is 2.69. The molecule has 0 aromatic carbocycles.